The number of sulfonamides is 1. The summed E-state index contributed by atoms with van der Waals surface area (Å²) in [6.45, 7) is 2.69. The molecule has 0 aromatic heterocycles. The Morgan fingerprint density at radius 1 is 0.897 bits per heavy atom. The smallest absolute Gasteiger partial charge is 0.243 e. The van der Waals surface area contributed by atoms with Gasteiger partial charge in [0.05, 0.1) is 19.1 Å². The van der Waals surface area contributed by atoms with Crippen LogP contribution in [-0.4, -0.2) is 57.6 Å². The van der Waals surface area contributed by atoms with Crippen LogP contribution in [0.2, 0.25) is 0 Å². The molecule has 3 aromatic rings. The fourth-order valence-electron chi connectivity index (χ4n) is 4.38. The van der Waals surface area contributed by atoms with Gasteiger partial charge in [-0.15, -0.1) is 0 Å². The summed E-state index contributed by atoms with van der Waals surface area (Å²) in [5.41, 5.74) is 2.35. The number of carbonyl (C=O) groups excluding carboxylic acids is 2. The fraction of sp³-hybridized carbons (Fsp3) is 0.333. The maximum absolute atomic E-state index is 13.7. The molecule has 0 aliphatic rings. The minimum absolute atomic E-state index is 0.0830. The average Bonchev–Trinajstić information content (AvgIpc) is 2.93. The molecule has 0 aliphatic heterocycles. The van der Waals surface area contributed by atoms with Gasteiger partial charge in [-0.2, -0.15) is 0 Å². The lowest BCUT2D eigenvalue weighted by Crippen LogP contribution is -2.50. The van der Waals surface area contributed by atoms with Crippen molar-refractivity contribution in [1.82, 2.24) is 10.2 Å². The van der Waals surface area contributed by atoms with Crippen LogP contribution in [0.25, 0.3) is 0 Å². The first-order valence-corrected chi connectivity index (χ1v) is 14.8. The number of anilines is 1. The molecule has 0 bridgehead atoms. The standard InChI is InChI=1S/C30H37N3O5S/c1-4-31-30(35)28(22-24-12-7-5-8-13-24)32(23-25-14-9-6-10-15-25)29(34)16-11-21-33(39(3,36)37)26-17-19-27(38-2)20-18-26/h5-10,12-15,17-20,28H,4,11,16,21-23H2,1-3H3,(H,31,35). The highest BCUT2D eigenvalue weighted by Gasteiger charge is 2.30. The van der Waals surface area contributed by atoms with Crippen LogP contribution in [0.15, 0.2) is 84.9 Å². The van der Waals surface area contributed by atoms with Crippen LogP contribution in [-0.2, 0) is 32.6 Å². The monoisotopic (exact) mass is 551 g/mol. The molecule has 0 aliphatic carbocycles. The van der Waals surface area contributed by atoms with E-state index in [1.807, 2.05) is 67.6 Å². The normalized spacial score (nSPS) is 11.9. The van der Waals surface area contributed by atoms with Crippen molar-refractivity contribution in [2.45, 2.75) is 38.8 Å². The van der Waals surface area contributed by atoms with Crippen molar-refractivity contribution in [3.63, 3.8) is 0 Å². The van der Waals surface area contributed by atoms with E-state index < -0.39 is 16.1 Å². The number of methoxy groups -OCH3 is 1. The zero-order valence-electron chi connectivity index (χ0n) is 22.7. The van der Waals surface area contributed by atoms with E-state index in [-0.39, 0.29) is 37.7 Å². The van der Waals surface area contributed by atoms with Gasteiger partial charge in [-0.3, -0.25) is 13.9 Å². The summed E-state index contributed by atoms with van der Waals surface area (Å²) < 4.78 is 31.6. The summed E-state index contributed by atoms with van der Waals surface area (Å²) in [6, 6.07) is 25.2. The molecule has 1 unspecified atom stereocenters. The van der Waals surface area contributed by atoms with Crippen LogP contribution >= 0.6 is 0 Å². The predicted octanol–water partition coefficient (Wildman–Crippen LogP) is 4.02. The Kier molecular flexibility index (Phi) is 10.9. The molecule has 0 radical (unpaired) electrons. The maximum atomic E-state index is 13.7. The number of nitrogens with zero attached hydrogens (tertiary/aromatic N) is 2. The molecule has 3 rings (SSSR count). The third kappa shape index (κ3) is 8.85. The van der Waals surface area contributed by atoms with Crippen molar-refractivity contribution in [2.75, 3.05) is 30.8 Å². The van der Waals surface area contributed by atoms with E-state index in [0.717, 1.165) is 17.4 Å². The lowest BCUT2D eigenvalue weighted by molar-refractivity contribution is -0.141. The van der Waals surface area contributed by atoms with Crippen LogP contribution in [0.3, 0.4) is 0 Å². The topological polar surface area (TPSA) is 96.0 Å². The Balaban J connectivity index is 1.82. The molecular formula is C30H37N3O5S. The van der Waals surface area contributed by atoms with Gasteiger partial charge < -0.3 is 15.0 Å². The van der Waals surface area contributed by atoms with Gasteiger partial charge in [0.2, 0.25) is 21.8 Å². The van der Waals surface area contributed by atoms with E-state index in [1.165, 1.54) is 4.31 Å². The Bertz CT molecular complexity index is 1300. The Hall–Kier alpha value is -3.85. The lowest BCUT2D eigenvalue weighted by atomic mass is 10.0. The highest BCUT2D eigenvalue weighted by Crippen LogP contribution is 2.23. The summed E-state index contributed by atoms with van der Waals surface area (Å²) in [5.74, 6) is 0.185. The summed E-state index contributed by atoms with van der Waals surface area (Å²) in [7, 11) is -2.03. The number of hydrogen-bond acceptors (Lipinski definition) is 5. The largest absolute Gasteiger partial charge is 0.497 e. The number of benzene rings is 3. The SMILES string of the molecule is CCNC(=O)C(Cc1ccccc1)N(Cc1ccccc1)C(=O)CCCN(c1ccc(OC)cc1)S(C)(=O)=O. The Labute approximate surface area is 231 Å². The van der Waals surface area contributed by atoms with E-state index in [0.29, 0.717) is 24.4 Å². The highest BCUT2D eigenvalue weighted by atomic mass is 32.2. The first-order valence-electron chi connectivity index (χ1n) is 13.0. The number of amides is 2. The van der Waals surface area contributed by atoms with Crippen molar-refractivity contribution in [1.29, 1.82) is 0 Å². The van der Waals surface area contributed by atoms with Crippen molar-refractivity contribution in [3.8, 4) is 5.75 Å². The van der Waals surface area contributed by atoms with E-state index >= 15 is 0 Å². The molecular weight excluding hydrogens is 514 g/mol. The van der Waals surface area contributed by atoms with Crippen LogP contribution in [0.1, 0.15) is 30.9 Å². The predicted molar refractivity (Wildman–Crippen MR) is 154 cm³/mol. The van der Waals surface area contributed by atoms with E-state index in [1.54, 1.807) is 36.3 Å². The van der Waals surface area contributed by atoms with Gasteiger partial charge in [0.1, 0.15) is 11.8 Å². The number of likely N-dealkylation sites (N-methyl/N-ethyl adjacent to an activating group) is 1. The van der Waals surface area contributed by atoms with Gasteiger partial charge in [0.25, 0.3) is 0 Å². The third-order valence-corrected chi connectivity index (χ3v) is 7.52. The molecule has 3 aromatic carbocycles. The molecule has 0 spiro atoms. The molecule has 1 atom stereocenters. The molecule has 0 saturated heterocycles. The van der Waals surface area contributed by atoms with Gasteiger partial charge in [-0.05, 0) is 48.7 Å². The number of rotatable bonds is 14. The second-order valence-corrected chi connectivity index (χ2v) is 11.2. The first kappa shape index (κ1) is 29.7. The second-order valence-electron chi connectivity index (χ2n) is 9.24. The van der Waals surface area contributed by atoms with Gasteiger partial charge >= 0.3 is 0 Å². The van der Waals surface area contributed by atoms with Crippen LogP contribution < -0.4 is 14.4 Å². The first-order chi connectivity index (χ1) is 18.7. The summed E-state index contributed by atoms with van der Waals surface area (Å²) >= 11 is 0. The van der Waals surface area contributed by atoms with E-state index in [4.69, 9.17) is 4.74 Å². The third-order valence-electron chi connectivity index (χ3n) is 6.33. The molecule has 39 heavy (non-hydrogen) atoms. The van der Waals surface area contributed by atoms with E-state index in [9.17, 15) is 18.0 Å². The quantitative estimate of drug-likeness (QED) is 0.327. The minimum Gasteiger partial charge on any atom is -0.497 e. The second kappa shape index (κ2) is 14.3. The van der Waals surface area contributed by atoms with Gasteiger partial charge in [0, 0.05) is 32.5 Å². The molecule has 0 fully saturated rings. The number of ether oxygens (including phenoxy) is 1. The molecule has 208 valence electrons. The number of hydrogen-bond donors (Lipinski definition) is 1. The molecule has 1 N–H and O–H groups in total. The van der Waals surface area contributed by atoms with Gasteiger partial charge in [-0.1, -0.05) is 60.7 Å². The molecule has 9 heteroatoms. The molecule has 2 amide bonds. The molecule has 8 nitrogen and oxygen atoms in total. The van der Waals surface area contributed by atoms with Crippen molar-refractivity contribution in [2.24, 2.45) is 0 Å². The molecule has 0 heterocycles. The van der Waals surface area contributed by atoms with Crippen LogP contribution in [0.5, 0.6) is 5.75 Å². The minimum atomic E-state index is -3.58. The number of carbonyl (C=O) groups is 2. The average molecular weight is 552 g/mol. The van der Waals surface area contributed by atoms with Gasteiger partial charge in [0.15, 0.2) is 0 Å². The van der Waals surface area contributed by atoms with Crippen LogP contribution in [0.4, 0.5) is 5.69 Å². The fourth-order valence-corrected chi connectivity index (χ4v) is 5.34. The summed E-state index contributed by atoms with van der Waals surface area (Å²) in [4.78, 5) is 28.5. The van der Waals surface area contributed by atoms with Crippen LogP contribution in [0, 0.1) is 0 Å². The van der Waals surface area contributed by atoms with Gasteiger partial charge in [-0.25, -0.2) is 8.42 Å². The number of nitrogens with one attached hydrogen (secondary N) is 1. The summed E-state index contributed by atoms with van der Waals surface area (Å²) in [6.07, 6.45) is 1.88. The van der Waals surface area contributed by atoms with Crippen molar-refractivity contribution < 1.29 is 22.7 Å². The Morgan fingerprint density at radius 2 is 1.49 bits per heavy atom. The maximum Gasteiger partial charge on any atom is 0.243 e. The Morgan fingerprint density at radius 3 is 2.03 bits per heavy atom. The van der Waals surface area contributed by atoms with Crippen molar-refractivity contribution in [3.05, 3.63) is 96.1 Å². The zero-order valence-corrected chi connectivity index (χ0v) is 23.6. The van der Waals surface area contributed by atoms with Crippen molar-refractivity contribution >= 4 is 27.5 Å². The lowest BCUT2D eigenvalue weighted by Gasteiger charge is -2.32. The van der Waals surface area contributed by atoms with E-state index in [2.05, 4.69) is 5.32 Å². The highest BCUT2D eigenvalue weighted by molar-refractivity contribution is 7.92. The zero-order chi connectivity index (χ0) is 28.3. The summed E-state index contributed by atoms with van der Waals surface area (Å²) in [5, 5.41) is 2.88. The molecule has 0 saturated carbocycles.